The van der Waals surface area contributed by atoms with E-state index in [2.05, 4.69) is 21.5 Å². The summed E-state index contributed by atoms with van der Waals surface area (Å²) in [5.41, 5.74) is 1.01. The molecule has 2 heterocycles. The van der Waals surface area contributed by atoms with Crippen molar-refractivity contribution >= 4 is 11.3 Å². The normalized spacial score (nSPS) is 15.7. The molecule has 0 bridgehead atoms. The Hall–Kier alpha value is -2.05. The molecule has 6 heteroatoms. The number of hydrogen-bond donors (Lipinski definition) is 1. The van der Waals surface area contributed by atoms with Crippen LogP contribution >= 0.6 is 11.3 Å². The number of thiophene rings is 1. The number of aromatic nitrogens is 2. The van der Waals surface area contributed by atoms with E-state index in [1.165, 1.54) is 17.0 Å². The molecular formula is C17H16FN3OS. The van der Waals surface area contributed by atoms with Crippen LogP contribution in [0.3, 0.4) is 0 Å². The first kappa shape index (κ1) is 14.5. The van der Waals surface area contributed by atoms with Crippen molar-refractivity contribution in [1.29, 1.82) is 0 Å². The zero-order valence-electron chi connectivity index (χ0n) is 12.4. The molecule has 23 heavy (non-hydrogen) atoms. The lowest BCUT2D eigenvalue weighted by atomic mass is 10.1. The zero-order valence-corrected chi connectivity index (χ0v) is 13.2. The van der Waals surface area contributed by atoms with Crippen molar-refractivity contribution in [2.45, 2.75) is 31.3 Å². The lowest BCUT2D eigenvalue weighted by molar-refractivity contribution is 0.358. The number of halogens is 1. The maximum absolute atomic E-state index is 13.2. The highest BCUT2D eigenvalue weighted by Crippen LogP contribution is 2.38. The van der Waals surface area contributed by atoms with Crippen LogP contribution in [0.15, 0.2) is 46.3 Å². The third-order valence-electron chi connectivity index (χ3n) is 3.91. The second-order valence-electron chi connectivity index (χ2n) is 5.70. The molecule has 1 N–H and O–H groups in total. The maximum Gasteiger partial charge on any atom is 0.240 e. The molecule has 3 aromatic rings. The molecule has 0 saturated heterocycles. The van der Waals surface area contributed by atoms with E-state index in [9.17, 15) is 4.39 Å². The van der Waals surface area contributed by atoms with E-state index >= 15 is 0 Å². The molecule has 1 atom stereocenters. The number of rotatable bonds is 6. The van der Waals surface area contributed by atoms with E-state index in [1.54, 1.807) is 23.5 Å². The molecule has 4 rings (SSSR count). The van der Waals surface area contributed by atoms with Crippen LogP contribution in [0.5, 0.6) is 0 Å². The van der Waals surface area contributed by atoms with Gasteiger partial charge in [-0.05, 0) is 42.0 Å². The third kappa shape index (κ3) is 3.33. The molecule has 1 aromatic carbocycles. The van der Waals surface area contributed by atoms with Crippen molar-refractivity contribution in [1.82, 2.24) is 15.5 Å². The fraction of sp³-hybridized carbons (Fsp3) is 0.294. The van der Waals surface area contributed by atoms with Crippen LogP contribution in [0.25, 0.3) is 0 Å². The van der Waals surface area contributed by atoms with E-state index in [1.807, 2.05) is 11.4 Å². The van der Waals surface area contributed by atoms with E-state index in [4.69, 9.17) is 4.52 Å². The lowest BCUT2D eigenvalue weighted by Crippen LogP contribution is -2.21. The first-order chi connectivity index (χ1) is 11.3. The summed E-state index contributed by atoms with van der Waals surface area (Å²) < 4.78 is 18.5. The molecule has 0 aliphatic heterocycles. The van der Waals surface area contributed by atoms with Crippen molar-refractivity contribution in [3.63, 3.8) is 0 Å². The highest BCUT2D eigenvalue weighted by molar-refractivity contribution is 7.10. The summed E-state index contributed by atoms with van der Waals surface area (Å²) in [5.74, 6) is 1.66. The minimum absolute atomic E-state index is 0.0214. The topological polar surface area (TPSA) is 51.0 Å². The van der Waals surface area contributed by atoms with Gasteiger partial charge in [-0.2, -0.15) is 4.98 Å². The third-order valence-corrected chi connectivity index (χ3v) is 4.85. The Labute approximate surface area is 137 Å². The Kier molecular flexibility index (Phi) is 3.93. The van der Waals surface area contributed by atoms with Crippen LogP contribution < -0.4 is 5.32 Å². The summed E-state index contributed by atoms with van der Waals surface area (Å²) in [6.07, 6.45) is 2.31. The molecule has 1 aliphatic carbocycles. The van der Waals surface area contributed by atoms with Crippen LogP contribution in [0.4, 0.5) is 4.39 Å². The minimum atomic E-state index is -0.232. The average Bonchev–Trinajstić information content (AvgIpc) is 3.08. The highest BCUT2D eigenvalue weighted by atomic mass is 32.1. The second kappa shape index (κ2) is 6.22. The molecule has 118 valence electrons. The molecule has 0 unspecified atom stereocenters. The van der Waals surface area contributed by atoms with Crippen LogP contribution in [-0.4, -0.2) is 10.1 Å². The highest BCUT2D eigenvalue weighted by Gasteiger charge is 2.28. The van der Waals surface area contributed by atoms with Gasteiger partial charge in [0.05, 0.1) is 12.6 Å². The minimum Gasteiger partial charge on any atom is -0.338 e. The van der Waals surface area contributed by atoms with Crippen LogP contribution in [-0.2, 0) is 6.54 Å². The molecule has 0 radical (unpaired) electrons. The average molecular weight is 329 g/mol. The molecule has 2 aromatic heterocycles. The van der Waals surface area contributed by atoms with Gasteiger partial charge in [0.2, 0.25) is 5.89 Å². The number of benzene rings is 1. The van der Waals surface area contributed by atoms with Gasteiger partial charge in [-0.15, -0.1) is 11.3 Å². The van der Waals surface area contributed by atoms with E-state index in [0.29, 0.717) is 18.4 Å². The van der Waals surface area contributed by atoms with Crippen molar-refractivity contribution in [2.75, 3.05) is 0 Å². The smallest absolute Gasteiger partial charge is 0.240 e. The van der Waals surface area contributed by atoms with Crippen LogP contribution in [0, 0.1) is 5.82 Å². The molecule has 4 nitrogen and oxygen atoms in total. The fourth-order valence-corrected chi connectivity index (χ4v) is 3.36. The number of hydrogen-bond acceptors (Lipinski definition) is 5. The van der Waals surface area contributed by atoms with Gasteiger partial charge in [0.1, 0.15) is 5.82 Å². The van der Waals surface area contributed by atoms with Crippen molar-refractivity contribution in [3.8, 4) is 0 Å². The standard InChI is InChI=1S/C17H16FN3OS/c18-13-7-5-11(6-8-13)16(14-2-1-9-23-14)19-10-15-20-17(21-22-15)12-3-4-12/h1-2,5-9,12,16,19H,3-4,10H2/t16-/m0/s1. The SMILES string of the molecule is Fc1ccc([C@H](NCc2nc(C3CC3)no2)c2cccs2)cc1. The molecule has 1 fully saturated rings. The second-order valence-corrected chi connectivity index (χ2v) is 6.68. The van der Waals surface area contributed by atoms with Crippen molar-refractivity contribution in [3.05, 3.63) is 69.8 Å². The Balaban J connectivity index is 1.51. The van der Waals surface area contributed by atoms with Gasteiger partial charge in [-0.25, -0.2) is 4.39 Å². The molecular weight excluding hydrogens is 313 g/mol. The lowest BCUT2D eigenvalue weighted by Gasteiger charge is -2.17. The van der Waals surface area contributed by atoms with Crippen molar-refractivity contribution in [2.24, 2.45) is 0 Å². The molecule has 0 spiro atoms. The van der Waals surface area contributed by atoms with Crippen molar-refractivity contribution < 1.29 is 8.91 Å². The van der Waals surface area contributed by atoms with E-state index in [0.717, 1.165) is 24.2 Å². The maximum atomic E-state index is 13.2. The summed E-state index contributed by atoms with van der Waals surface area (Å²) in [6, 6.07) is 10.6. The number of nitrogens with zero attached hydrogens (tertiary/aromatic N) is 2. The Morgan fingerprint density at radius 2 is 2.09 bits per heavy atom. The Bertz CT molecular complexity index is 766. The molecule has 1 saturated carbocycles. The van der Waals surface area contributed by atoms with E-state index < -0.39 is 0 Å². The summed E-state index contributed by atoms with van der Waals surface area (Å²) in [7, 11) is 0. The summed E-state index contributed by atoms with van der Waals surface area (Å²) in [5, 5.41) is 9.50. The fourth-order valence-electron chi connectivity index (χ4n) is 2.53. The summed E-state index contributed by atoms with van der Waals surface area (Å²) in [6.45, 7) is 0.486. The summed E-state index contributed by atoms with van der Waals surface area (Å²) in [4.78, 5) is 5.60. The molecule has 0 amide bonds. The zero-order chi connectivity index (χ0) is 15.6. The predicted molar refractivity (Wildman–Crippen MR) is 85.7 cm³/mol. The molecule has 1 aliphatic rings. The Morgan fingerprint density at radius 3 is 2.78 bits per heavy atom. The predicted octanol–water partition coefficient (Wildman–Crippen LogP) is 4.03. The quantitative estimate of drug-likeness (QED) is 0.742. The van der Waals surface area contributed by atoms with Crippen LogP contribution in [0.1, 0.15) is 47.0 Å². The largest absolute Gasteiger partial charge is 0.338 e. The van der Waals surface area contributed by atoms with Gasteiger partial charge >= 0.3 is 0 Å². The van der Waals surface area contributed by atoms with Gasteiger partial charge in [0.25, 0.3) is 0 Å². The summed E-state index contributed by atoms with van der Waals surface area (Å²) >= 11 is 1.66. The van der Waals surface area contributed by atoms with Gasteiger partial charge < -0.3 is 4.52 Å². The van der Waals surface area contributed by atoms with E-state index in [-0.39, 0.29) is 11.9 Å². The first-order valence-corrected chi connectivity index (χ1v) is 8.52. The first-order valence-electron chi connectivity index (χ1n) is 7.64. The van der Waals surface area contributed by atoms with Crippen LogP contribution in [0.2, 0.25) is 0 Å². The number of nitrogens with one attached hydrogen (secondary N) is 1. The van der Waals surface area contributed by atoms with Gasteiger partial charge in [-0.1, -0.05) is 23.4 Å². The van der Waals surface area contributed by atoms with Gasteiger partial charge in [-0.3, -0.25) is 5.32 Å². The Morgan fingerprint density at radius 1 is 1.26 bits per heavy atom. The monoisotopic (exact) mass is 329 g/mol. The van der Waals surface area contributed by atoms with Gasteiger partial charge in [0.15, 0.2) is 5.82 Å². The van der Waals surface area contributed by atoms with Gasteiger partial charge in [0, 0.05) is 10.8 Å².